The lowest BCUT2D eigenvalue weighted by molar-refractivity contribution is -0.134. The van der Waals surface area contributed by atoms with Gasteiger partial charge in [0.05, 0.1) is 0 Å². The Bertz CT molecular complexity index is 167. The third kappa shape index (κ3) is 3.07. The quantitative estimate of drug-likeness (QED) is 0.593. The van der Waals surface area contributed by atoms with E-state index in [1.165, 1.54) is 0 Å². The SMILES string of the molecule is C=CCN(C(=O)CC)C(C)(C)C. The molecule has 70 valence electrons. The van der Waals surface area contributed by atoms with Crippen LogP contribution in [0.25, 0.3) is 0 Å². The molecule has 1 amide bonds. The van der Waals surface area contributed by atoms with E-state index >= 15 is 0 Å². The number of hydrogen-bond acceptors (Lipinski definition) is 1. The van der Waals surface area contributed by atoms with Crippen molar-refractivity contribution in [1.82, 2.24) is 4.90 Å². The number of carbonyl (C=O) groups excluding carboxylic acids is 1. The predicted molar refractivity (Wildman–Crippen MR) is 52.0 cm³/mol. The lowest BCUT2D eigenvalue weighted by atomic mass is 10.1. The third-order valence-electron chi connectivity index (χ3n) is 1.72. The van der Waals surface area contributed by atoms with Gasteiger partial charge < -0.3 is 4.90 Å². The van der Waals surface area contributed by atoms with Crippen molar-refractivity contribution in [2.24, 2.45) is 0 Å². The van der Waals surface area contributed by atoms with Crippen molar-refractivity contribution in [3.05, 3.63) is 12.7 Å². The van der Waals surface area contributed by atoms with Gasteiger partial charge in [-0.3, -0.25) is 4.79 Å². The fraction of sp³-hybridized carbons (Fsp3) is 0.700. The van der Waals surface area contributed by atoms with Crippen molar-refractivity contribution in [1.29, 1.82) is 0 Å². The number of amides is 1. The lowest BCUT2D eigenvalue weighted by Gasteiger charge is -2.34. The zero-order valence-electron chi connectivity index (χ0n) is 8.55. The fourth-order valence-electron chi connectivity index (χ4n) is 1.07. The lowest BCUT2D eigenvalue weighted by Crippen LogP contribution is -2.45. The summed E-state index contributed by atoms with van der Waals surface area (Å²) in [6.45, 7) is 12.2. The molecule has 0 heterocycles. The topological polar surface area (TPSA) is 20.3 Å². The van der Waals surface area contributed by atoms with E-state index in [-0.39, 0.29) is 11.4 Å². The highest BCUT2D eigenvalue weighted by molar-refractivity contribution is 5.76. The second-order valence-corrected chi connectivity index (χ2v) is 3.82. The molecule has 0 aliphatic carbocycles. The molecular formula is C10H19NO. The standard InChI is InChI=1S/C10H19NO/c1-6-8-11(9(12)7-2)10(3,4)5/h6H,1,7-8H2,2-5H3. The molecule has 0 aromatic rings. The molecule has 0 fully saturated rings. The molecule has 0 radical (unpaired) electrons. The molecule has 0 aromatic heterocycles. The molecule has 0 unspecified atom stereocenters. The average molecular weight is 169 g/mol. The van der Waals surface area contributed by atoms with E-state index in [1.807, 2.05) is 32.6 Å². The zero-order chi connectivity index (χ0) is 9.78. The van der Waals surface area contributed by atoms with Crippen molar-refractivity contribution < 1.29 is 4.79 Å². The first kappa shape index (κ1) is 11.2. The van der Waals surface area contributed by atoms with Gasteiger partial charge in [0.2, 0.25) is 5.91 Å². The number of hydrogen-bond donors (Lipinski definition) is 0. The summed E-state index contributed by atoms with van der Waals surface area (Å²) >= 11 is 0. The molecule has 2 heteroatoms. The highest BCUT2D eigenvalue weighted by atomic mass is 16.2. The van der Waals surface area contributed by atoms with Crippen LogP contribution in [0.1, 0.15) is 34.1 Å². The van der Waals surface area contributed by atoms with E-state index in [4.69, 9.17) is 0 Å². The van der Waals surface area contributed by atoms with Gasteiger partial charge in [0.1, 0.15) is 0 Å². The summed E-state index contributed by atoms with van der Waals surface area (Å²) in [4.78, 5) is 13.3. The summed E-state index contributed by atoms with van der Waals surface area (Å²) in [7, 11) is 0. The van der Waals surface area contributed by atoms with Crippen LogP contribution in [0.5, 0.6) is 0 Å². The van der Waals surface area contributed by atoms with Crippen LogP contribution in [0.15, 0.2) is 12.7 Å². The van der Waals surface area contributed by atoms with Gasteiger partial charge in [-0.1, -0.05) is 13.0 Å². The van der Waals surface area contributed by atoms with Gasteiger partial charge in [-0.05, 0) is 20.8 Å². The van der Waals surface area contributed by atoms with Gasteiger partial charge in [0.25, 0.3) is 0 Å². The van der Waals surface area contributed by atoms with Crippen molar-refractivity contribution in [3.63, 3.8) is 0 Å². The molecule has 0 bridgehead atoms. The molecule has 0 N–H and O–H groups in total. The van der Waals surface area contributed by atoms with E-state index in [0.717, 1.165) is 0 Å². The minimum atomic E-state index is -0.0959. The van der Waals surface area contributed by atoms with Gasteiger partial charge in [-0.25, -0.2) is 0 Å². The smallest absolute Gasteiger partial charge is 0.223 e. The summed E-state index contributed by atoms with van der Waals surface area (Å²) in [6, 6.07) is 0. The summed E-state index contributed by atoms with van der Waals surface area (Å²) in [5, 5.41) is 0. The van der Waals surface area contributed by atoms with Gasteiger partial charge >= 0.3 is 0 Å². The van der Waals surface area contributed by atoms with E-state index in [9.17, 15) is 4.79 Å². The minimum Gasteiger partial charge on any atom is -0.334 e. The van der Waals surface area contributed by atoms with Gasteiger partial charge in [0, 0.05) is 18.5 Å². The molecule has 0 aliphatic rings. The maximum absolute atomic E-state index is 11.4. The number of nitrogens with zero attached hydrogens (tertiary/aromatic N) is 1. The molecule has 0 spiro atoms. The number of carbonyl (C=O) groups is 1. The first-order chi connectivity index (χ1) is 5.43. The van der Waals surface area contributed by atoms with Gasteiger partial charge in [-0.15, -0.1) is 6.58 Å². The van der Waals surface area contributed by atoms with Gasteiger partial charge in [0.15, 0.2) is 0 Å². The molecule has 0 rings (SSSR count). The molecule has 0 saturated heterocycles. The van der Waals surface area contributed by atoms with Crippen molar-refractivity contribution in [2.75, 3.05) is 6.54 Å². The van der Waals surface area contributed by atoms with Gasteiger partial charge in [-0.2, -0.15) is 0 Å². The first-order valence-corrected chi connectivity index (χ1v) is 4.34. The maximum Gasteiger partial charge on any atom is 0.223 e. The van der Waals surface area contributed by atoms with E-state index < -0.39 is 0 Å². The second-order valence-electron chi connectivity index (χ2n) is 3.82. The summed E-state index contributed by atoms with van der Waals surface area (Å²) < 4.78 is 0. The molecule has 2 nitrogen and oxygen atoms in total. The van der Waals surface area contributed by atoms with Crippen LogP contribution in [0.3, 0.4) is 0 Å². The predicted octanol–water partition coefficient (Wildman–Crippen LogP) is 2.21. The molecule has 0 aromatic carbocycles. The highest BCUT2D eigenvalue weighted by Gasteiger charge is 2.23. The molecule has 12 heavy (non-hydrogen) atoms. The van der Waals surface area contributed by atoms with Crippen LogP contribution in [0.2, 0.25) is 0 Å². The van der Waals surface area contributed by atoms with Crippen LogP contribution in [-0.2, 0) is 4.79 Å². The molecule has 0 atom stereocenters. The fourth-order valence-corrected chi connectivity index (χ4v) is 1.07. The van der Waals surface area contributed by atoms with E-state index in [0.29, 0.717) is 13.0 Å². The monoisotopic (exact) mass is 169 g/mol. The summed E-state index contributed by atoms with van der Waals surface area (Å²) in [5.41, 5.74) is -0.0959. The Labute approximate surface area is 75.3 Å². The van der Waals surface area contributed by atoms with Crippen LogP contribution in [-0.4, -0.2) is 22.9 Å². The summed E-state index contributed by atoms with van der Waals surface area (Å²) in [6.07, 6.45) is 2.32. The van der Waals surface area contributed by atoms with Crippen molar-refractivity contribution in [3.8, 4) is 0 Å². The zero-order valence-corrected chi connectivity index (χ0v) is 8.55. The largest absolute Gasteiger partial charge is 0.334 e. The minimum absolute atomic E-state index is 0.0959. The Balaban J connectivity index is 4.43. The van der Waals surface area contributed by atoms with Crippen molar-refractivity contribution in [2.45, 2.75) is 39.7 Å². The Morgan fingerprint density at radius 3 is 2.25 bits per heavy atom. The molecular weight excluding hydrogens is 150 g/mol. The van der Waals surface area contributed by atoms with Crippen LogP contribution in [0.4, 0.5) is 0 Å². The normalized spacial score (nSPS) is 11.0. The number of rotatable bonds is 3. The highest BCUT2D eigenvalue weighted by Crippen LogP contribution is 2.13. The Morgan fingerprint density at radius 1 is 1.50 bits per heavy atom. The van der Waals surface area contributed by atoms with Crippen LogP contribution < -0.4 is 0 Å². The van der Waals surface area contributed by atoms with Crippen molar-refractivity contribution >= 4 is 5.91 Å². The molecule has 0 saturated carbocycles. The van der Waals surface area contributed by atoms with Crippen LogP contribution >= 0.6 is 0 Å². The second kappa shape index (κ2) is 4.29. The Hall–Kier alpha value is -0.790. The third-order valence-corrected chi connectivity index (χ3v) is 1.72. The maximum atomic E-state index is 11.4. The Kier molecular flexibility index (Phi) is 4.01. The Morgan fingerprint density at radius 2 is 2.00 bits per heavy atom. The molecule has 0 aliphatic heterocycles. The summed E-state index contributed by atoms with van der Waals surface area (Å²) in [5.74, 6) is 0.183. The van der Waals surface area contributed by atoms with Crippen LogP contribution in [0, 0.1) is 0 Å². The average Bonchev–Trinajstić information content (AvgIpc) is 1.96. The van der Waals surface area contributed by atoms with E-state index in [1.54, 1.807) is 6.08 Å². The van der Waals surface area contributed by atoms with E-state index in [2.05, 4.69) is 6.58 Å². The first-order valence-electron chi connectivity index (χ1n) is 4.34.